The molecule has 1 atom stereocenters. The first-order valence-electron chi connectivity index (χ1n) is 11.2. The summed E-state index contributed by atoms with van der Waals surface area (Å²) in [4.78, 5) is 44.1. The zero-order valence-electron chi connectivity index (χ0n) is 18.9. The lowest BCUT2D eigenvalue weighted by Crippen LogP contribution is -2.40. The molecule has 0 bridgehead atoms. The predicted octanol–water partition coefficient (Wildman–Crippen LogP) is 4.49. The summed E-state index contributed by atoms with van der Waals surface area (Å²) >= 11 is 0. The molecule has 170 valence electrons. The second kappa shape index (κ2) is 10.4. The Bertz CT molecular complexity index is 1020. The van der Waals surface area contributed by atoms with Crippen LogP contribution in [0.3, 0.4) is 0 Å². The van der Waals surface area contributed by atoms with Crippen LogP contribution in [0.15, 0.2) is 35.5 Å². The number of Topliss-reactive ketones (excluding diaryl/α,β-unsaturated/α-hetero) is 1. The van der Waals surface area contributed by atoms with E-state index in [1.807, 2.05) is 25.3 Å². The molecule has 0 saturated carbocycles. The Morgan fingerprint density at radius 1 is 1.19 bits per heavy atom. The molecule has 7 heteroatoms. The maximum atomic E-state index is 12.7. The highest BCUT2D eigenvalue weighted by Gasteiger charge is 2.25. The lowest BCUT2D eigenvalue weighted by molar-refractivity contribution is -0.139. The van der Waals surface area contributed by atoms with Crippen LogP contribution in [0.1, 0.15) is 78.3 Å². The molecule has 2 aromatic rings. The van der Waals surface area contributed by atoms with Crippen molar-refractivity contribution in [2.45, 2.75) is 65.3 Å². The van der Waals surface area contributed by atoms with Gasteiger partial charge in [0.1, 0.15) is 11.9 Å². The SMILES string of the molecule is CCC[C@H](NC(=O)c1ccc(CCc2c[nH]c3c2C(=O)CC(CC(C)C)=N3)cc1)C(=O)O. The van der Waals surface area contributed by atoms with Gasteiger partial charge in [0.25, 0.3) is 5.91 Å². The van der Waals surface area contributed by atoms with E-state index in [0.717, 1.165) is 29.7 Å². The highest BCUT2D eigenvalue weighted by Crippen LogP contribution is 2.30. The Balaban J connectivity index is 1.63. The number of aliphatic carboxylic acids is 1. The van der Waals surface area contributed by atoms with Gasteiger partial charge in [-0.05, 0) is 54.9 Å². The van der Waals surface area contributed by atoms with Crippen LogP contribution in [0.25, 0.3) is 0 Å². The molecule has 3 N–H and O–H groups in total. The van der Waals surface area contributed by atoms with E-state index in [-0.39, 0.29) is 5.78 Å². The number of ketones is 1. The van der Waals surface area contributed by atoms with Crippen LogP contribution in [0.5, 0.6) is 0 Å². The molecular weight excluding hydrogens is 406 g/mol. The first-order valence-corrected chi connectivity index (χ1v) is 11.2. The molecule has 0 spiro atoms. The zero-order chi connectivity index (χ0) is 23.3. The molecule has 0 unspecified atom stereocenters. The molecule has 1 aliphatic heterocycles. The fourth-order valence-corrected chi connectivity index (χ4v) is 4.00. The molecule has 0 radical (unpaired) electrons. The van der Waals surface area contributed by atoms with Crippen molar-refractivity contribution in [1.29, 1.82) is 0 Å². The molecule has 3 rings (SSSR count). The van der Waals surface area contributed by atoms with Gasteiger partial charge < -0.3 is 15.4 Å². The molecule has 1 amide bonds. The number of aryl methyl sites for hydroxylation is 2. The smallest absolute Gasteiger partial charge is 0.326 e. The van der Waals surface area contributed by atoms with E-state index in [0.29, 0.717) is 48.5 Å². The van der Waals surface area contributed by atoms with Crippen molar-refractivity contribution in [1.82, 2.24) is 10.3 Å². The monoisotopic (exact) mass is 437 g/mol. The number of aliphatic imine (C=N–C) groups is 1. The van der Waals surface area contributed by atoms with E-state index in [4.69, 9.17) is 0 Å². The topological polar surface area (TPSA) is 112 Å². The minimum absolute atomic E-state index is 0.119. The van der Waals surface area contributed by atoms with Crippen molar-refractivity contribution in [2.75, 3.05) is 0 Å². The molecule has 2 heterocycles. The fraction of sp³-hybridized carbons (Fsp3) is 0.440. The van der Waals surface area contributed by atoms with Crippen LogP contribution >= 0.6 is 0 Å². The molecule has 7 nitrogen and oxygen atoms in total. The normalized spacial score (nSPS) is 14.1. The lowest BCUT2D eigenvalue weighted by Gasteiger charge is -2.14. The van der Waals surface area contributed by atoms with E-state index in [2.05, 4.69) is 29.1 Å². The van der Waals surface area contributed by atoms with E-state index >= 15 is 0 Å². The van der Waals surface area contributed by atoms with E-state index in [9.17, 15) is 19.5 Å². The van der Waals surface area contributed by atoms with Crippen molar-refractivity contribution in [3.63, 3.8) is 0 Å². The third kappa shape index (κ3) is 5.72. The number of nitrogens with zero attached hydrogens (tertiary/aromatic N) is 1. The Morgan fingerprint density at radius 2 is 1.91 bits per heavy atom. The van der Waals surface area contributed by atoms with Gasteiger partial charge in [-0.2, -0.15) is 0 Å². The highest BCUT2D eigenvalue weighted by atomic mass is 16.4. The van der Waals surface area contributed by atoms with Crippen LogP contribution < -0.4 is 5.32 Å². The average molecular weight is 438 g/mol. The maximum absolute atomic E-state index is 12.7. The van der Waals surface area contributed by atoms with Gasteiger partial charge in [-0.1, -0.05) is 39.3 Å². The van der Waals surface area contributed by atoms with Gasteiger partial charge in [0, 0.05) is 23.9 Å². The van der Waals surface area contributed by atoms with Crippen molar-refractivity contribution in [2.24, 2.45) is 10.9 Å². The number of fused-ring (bicyclic) bond motifs is 1. The largest absolute Gasteiger partial charge is 0.480 e. The van der Waals surface area contributed by atoms with E-state index in [1.165, 1.54) is 0 Å². The summed E-state index contributed by atoms with van der Waals surface area (Å²) in [7, 11) is 0. The Morgan fingerprint density at radius 3 is 2.53 bits per heavy atom. The number of amides is 1. The molecule has 0 fully saturated rings. The number of nitrogens with one attached hydrogen (secondary N) is 2. The maximum Gasteiger partial charge on any atom is 0.326 e. The van der Waals surface area contributed by atoms with Crippen molar-refractivity contribution in [3.8, 4) is 0 Å². The van der Waals surface area contributed by atoms with Crippen LogP contribution in [0.4, 0.5) is 5.82 Å². The van der Waals surface area contributed by atoms with Crippen molar-refractivity contribution >= 4 is 29.2 Å². The Hall–Kier alpha value is -3.22. The van der Waals surface area contributed by atoms with E-state index in [1.54, 1.807) is 12.1 Å². The molecule has 1 aliphatic rings. The van der Waals surface area contributed by atoms with Crippen LogP contribution in [-0.2, 0) is 17.6 Å². The molecule has 0 aliphatic carbocycles. The van der Waals surface area contributed by atoms with Crippen LogP contribution in [-0.4, -0.2) is 39.5 Å². The number of carboxylic acid groups (broad SMARTS) is 1. The summed E-state index contributed by atoms with van der Waals surface area (Å²) < 4.78 is 0. The second-order valence-corrected chi connectivity index (χ2v) is 8.76. The van der Waals surface area contributed by atoms with Gasteiger partial charge in [0.05, 0.1) is 5.56 Å². The minimum Gasteiger partial charge on any atom is -0.480 e. The fourth-order valence-electron chi connectivity index (χ4n) is 4.00. The number of H-pyrrole nitrogens is 1. The summed E-state index contributed by atoms with van der Waals surface area (Å²) in [6, 6.07) is 6.26. The second-order valence-electron chi connectivity index (χ2n) is 8.76. The zero-order valence-corrected chi connectivity index (χ0v) is 18.9. The van der Waals surface area contributed by atoms with Gasteiger partial charge in [0.2, 0.25) is 0 Å². The van der Waals surface area contributed by atoms with Crippen molar-refractivity contribution in [3.05, 3.63) is 52.7 Å². The molecule has 1 aromatic heterocycles. The number of carboxylic acids is 1. The quantitative estimate of drug-likeness (QED) is 0.508. The number of carbonyl (C=O) groups is 3. The third-order valence-corrected chi connectivity index (χ3v) is 5.58. The number of carbonyl (C=O) groups excluding carboxylic acids is 2. The van der Waals surface area contributed by atoms with Gasteiger partial charge in [0.15, 0.2) is 5.78 Å². The Labute approximate surface area is 188 Å². The predicted molar refractivity (Wildman–Crippen MR) is 124 cm³/mol. The number of benzene rings is 1. The molecular formula is C25H31N3O4. The molecule has 1 aromatic carbocycles. The summed E-state index contributed by atoms with van der Waals surface area (Å²) in [6.45, 7) is 6.11. The number of hydrogen-bond donors (Lipinski definition) is 3. The molecule has 32 heavy (non-hydrogen) atoms. The van der Waals surface area contributed by atoms with Gasteiger partial charge in [-0.3, -0.25) is 9.59 Å². The van der Waals surface area contributed by atoms with Crippen molar-refractivity contribution < 1.29 is 19.5 Å². The summed E-state index contributed by atoms with van der Waals surface area (Å²) in [6.07, 6.45) is 5.55. The summed E-state index contributed by atoms with van der Waals surface area (Å²) in [5, 5.41) is 11.8. The molecule has 0 saturated heterocycles. The minimum atomic E-state index is -1.03. The number of aromatic nitrogens is 1. The number of hydrogen-bond acceptors (Lipinski definition) is 4. The average Bonchev–Trinajstić information content (AvgIpc) is 3.15. The third-order valence-electron chi connectivity index (χ3n) is 5.58. The van der Waals surface area contributed by atoms with Crippen LogP contribution in [0, 0.1) is 5.92 Å². The van der Waals surface area contributed by atoms with Crippen LogP contribution in [0.2, 0.25) is 0 Å². The number of rotatable bonds is 10. The van der Waals surface area contributed by atoms with Gasteiger partial charge in [-0.25, -0.2) is 9.79 Å². The first kappa shape index (κ1) is 23.4. The highest BCUT2D eigenvalue weighted by molar-refractivity contribution is 6.16. The standard InChI is InChI=1S/C25H31N3O4/c1-4-5-20(25(31)32)28-24(30)17-9-6-16(7-10-17)8-11-18-14-26-23-22(18)21(29)13-19(27-23)12-15(2)3/h6-7,9-10,14-15,20,26H,4-5,8,11-13H2,1-3H3,(H,28,30)(H,31,32)/t20-/m0/s1. The summed E-state index contributed by atoms with van der Waals surface area (Å²) in [5.41, 5.74) is 4.06. The van der Waals surface area contributed by atoms with E-state index < -0.39 is 17.9 Å². The summed E-state index contributed by atoms with van der Waals surface area (Å²) in [5.74, 6) is -0.170. The van der Waals surface area contributed by atoms with Gasteiger partial charge >= 0.3 is 5.97 Å². The lowest BCUT2D eigenvalue weighted by atomic mass is 9.94. The van der Waals surface area contributed by atoms with Gasteiger partial charge in [-0.15, -0.1) is 0 Å². The Kier molecular flexibility index (Phi) is 7.62. The number of aromatic amines is 1. The first-order chi connectivity index (χ1) is 15.3.